The molecule has 6 nitrogen and oxygen atoms in total. The molecule has 0 aliphatic rings. The molecule has 0 bridgehead atoms. The van der Waals surface area contributed by atoms with Gasteiger partial charge >= 0.3 is 0 Å². The number of nitrogens with two attached hydrogens (primary N) is 1. The smallest absolute Gasteiger partial charge is 0.257 e. The second kappa shape index (κ2) is 9.97. The molecule has 0 aliphatic carbocycles. The Hall–Kier alpha value is -2.02. The number of hydrogen-bond donors (Lipinski definition) is 2. The minimum Gasteiger partial charge on any atom is -0.492 e. The molecule has 0 saturated heterocycles. The molecule has 0 unspecified atom stereocenters. The Morgan fingerprint density at radius 2 is 2.00 bits per heavy atom. The number of rotatable bonds is 7. The molecule has 1 aromatic heterocycles. The number of amides is 1. The quantitative estimate of drug-likeness (QED) is 0.780. The number of nitrogens with zero attached hydrogens (tertiary/aromatic N) is 1. The number of halogens is 2. The molecule has 130 valence electrons. The zero-order chi connectivity index (χ0) is 16.7. The lowest BCUT2D eigenvalue weighted by Crippen LogP contribution is -2.13. The Balaban J connectivity index is 0.00000288. The van der Waals surface area contributed by atoms with Gasteiger partial charge in [-0.3, -0.25) is 4.79 Å². The summed E-state index contributed by atoms with van der Waals surface area (Å²) in [5.41, 5.74) is 6.36. The lowest BCUT2D eigenvalue weighted by molar-refractivity contribution is 0.102. The van der Waals surface area contributed by atoms with Crippen molar-refractivity contribution in [3.63, 3.8) is 0 Å². The summed E-state index contributed by atoms with van der Waals surface area (Å²) >= 11 is 6.03. The van der Waals surface area contributed by atoms with E-state index in [4.69, 9.17) is 26.8 Å². The third-order valence-electron chi connectivity index (χ3n) is 2.85. The maximum atomic E-state index is 12.2. The largest absolute Gasteiger partial charge is 0.492 e. The monoisotopic (exact) mass is 371 g/mol. The molecule has 1 heterocycles. The van der Waals surface area contributed by atoms with Crippen LogP contribution in [0, 0.1) is 0 Å². The number of aromatic nitrogens is 1. The van der Waals surface area contributed by atoms with Gasteiger partial charge in [0.1, 0.15) is 17.4 Å². The van der Waals surface area contributed by atoms with Gasteiger partial charge in [0.2, 0.25) is 5.88 Å². The maximum Gasteiger partial charge on any atom is 0.257 e. The first-order chi connectivity index (χ1) is 11.1. The van der Waals surface area contributed by atoms with Crippen molar-refractivity contribution in [1.29, 1.82) is 0 Å². The van der Waals surface area contributed by atoms with Gasteiger partial charge in [-0.15, -0.1) is 12.4 Å². The standard InChI is InChI=1S/C16H18ClN3O3.ClH/c1-2-22-16-14(17)9-11(10-19-16)15(21)20-12-3-5-13(6-4-12)23-8-7-18;/h3-6,9-10H,2,7-8,18H2,1H3,(H,20,21);1H. The van der Waals surface area contributed by atoms with Gasteiger partial charge in [-0.2, -0.15) is 0 Å². The molecule has 0 atom stereocenters. The average molecular weight is 372 g/mol. The summed E-state index contributed by atoms with van der Waals surface area (Å²) in [6.07, 6.45) is 1.42. The van der Waals surface area contributed by atoms with Crippen molar-refractivity contribution in [2.24, 2.45) is 5.73 Å². The SMILES string of the molecule is CCOc1ncc(C(=O)Nc2ccc(OCCN)cc2)cc1Cl.Cl. The van der Waals surface area contributed by atoms with Gasteiger partial charge in [0, 0.05) is 18.4 Å². The van der Waals surface area contributed by atoms with Gasteiger partial charge in [0.25, 0.3) is 5.91 Å². The van der Waals surface area contributed by atoms with Crippen LogP contribution in [-0.4, -0.2) is 30.6 Å². The molecule has 0 aliphatic heterocycles. The second-order valence-corrected chi connectivity index (χ2v) is 4.97. The lowest BCUT2D eigenvalue weighted by Gasteiger charge is -2.09. The van der Waals surface area contributed by atoms with Gasteiger partial charge in [0.15, 0.2) is 0 Å². The maximum absolute atomic E-state index is 12.2. The van der Waals surface area contributed by atoms with Crippen LogP contribution in [0.15, 0.2) is 36.5 Å². The van der Waals surface area contributed by atoms with E-state index < -0.39 is 0 Å². The van der Waals surface area contributed by atoms with Crippen molar-refractivity contribution in [2.75, 3.05) is 25.1 Å². The number of pyridine rings is 1. The molecular formula is C16H19Cl2N3O3. The molecule has 2 rings (SSSR count). The number of carbonyl (C=O) groups is 1. The number of nitrogens with one attached hydrogen (secondary N) is 1. The summed E-state index contributed by atoms with van der Waals surface area (Å²) in [6.45, 7) is 3.18. The van der Waals surface area contributed by atoms with Crippen LogP contribution in [0.3, 0.4) is 0 Å². The van der Waals surface area contributed by atoms with Crippen LogP contribution in [-0.2, 0) is 0 Å². The zero-order valence-corrected chi connectivity index (χ0v) is 14.7. The van der Waals surface area contributed by atoms with Crippen LogP contribution in [0.4, 0.5) is 5.69 Å². The number of hydrogen-bond acceptors (Lipinski definition) is 5. The van der Waals surface area contributed by atoms with E-state index in [2.05, 4.69) is 10.3 Å². The van der Waals surface area contributed by atoms with Crippen molar-refractivity contribution >= 4 is 35.6 Å². The fourth-order valence-corrected chi connectivity index (χ4v) is 2.03. The normalized spacial score (nSPS) is 9.79. The minimum absolute atomic E-state index is 0. The van der Waals surface area contributed by atoms with Crippen LogP contribution in [0.5, 0.6) is 11.6 Å². The van der Waals surface area contributed by atoms with E-state index in [1.165, 1.54) is 12.3 Å². The van der Waals surface area contributed by atoms with Crippen LogP contribution in [0.1, 0.15) is 17.3 Å². The highest BCUT2D eigenvalue weighted by Gasteiger charge is 2.11. The summed E-state index contributed by atoms with van der Waals surface area (Å²) in [5.74, 6) is 0.699. The Morgan fingerprint density at radius 3 is 2.58 bits per heavy atom. The van der Waals surface area contributed by atoms with E-state index in [9.17, 15) is 4.79 Å². The summed E-state index contributed by atoms with van der Waals surface area (Å²) in [5, 5.41) is 3.06. The molecule has 0 fully saturated rings. The third kappa shape index (κ3) is 5.56. The first-order valence-electron chi connectivity index (χ1n) is 7.16. The third-order valence-corrected chi connectivity index (χ3v) is 3.12. The van der Waals surface area contributed by atoms with Crippen LogP contribution in [0.25, 0.3) is 0 Å². The zero-order valence-electron chi connectivity index (χ0n) is 13.1. The van der Waals surface area contributed by atoms with E-state index in [-0.39, 0.29) is 18.3 Å². The predicted molar refractivity (Wildman–Crippen MR) is 96.6 cm³/mol. The van der Waals surface area contributed by atoms with Crippen molar-refractivity contribution in [1.82, 2.24) is 4.98 Å². The molecule has 1 amide bonds. The van der Waals surface area contributed by atoms with Crippen molar-refractivity contribution in [3.8, 4) is 11.6 Å². The number of ether oxygens (including phenoxy) is 2. The molecule has 24 heavy (non-hydrogen) atoms. The molecule has 0 radical (unpaired) electrons. The summed E-state index contributed by atoms with van der Waals surface area (Å²) < 4.78 is 10.6. The Morgan fingerprint density at radius 1 is 1.29 bits per heavy atom. The van der Waals surface area contributed by atoms with Gasteiger partial charge in [-0.05, 0) is 37.3 Å². The van der Waals surface area contributed by atoms with Crippen LogP contribution >= 0.6 is 24.0 Å². The van der Waals surface area contributed by atoms with Crippen LogP contribution in [0.2, 0.25) is 5.02 Å². The highest BCUT2D eigenvalue weighted by atomic mass is 35.5. The van der Waals surface area contributed by atoms with Crippen LogP contribution < -0.4 is 20.5 Å². The number of carbonyl (C=O) groups excluding carboxylic acids is 1. The summed E-state index contributed by atoms with van der Waals surface area (Å²) in [4.78, 5) is 16.2. The molecule has 0 spiro atoms. The van der Waals surface area contributed by atoms with E-state index in [0.29, 0.717) is 47.7 Å². The molecule has 2 aromatic rings. The molecule has 3 N–H and O–H groups in total. The Kier molecular flexibility index (Phi) is 8.32. The highest BCUT2D eigenvalue weighted by Crippen LogP contribution is 2.23. The fraction of sp³-hybridized carbons (Fsp3) is 0.250. The van der Waals surface area contributed by atoms with Crippen molar-refractivity contribution in [3.05, 3.63) is 47.1 Å². The molecular weight excluding hydrogens is 353 g/mol. The van der Waals surface area contributed by atoms with Crippen molar-refractivity contribution in [2.45, 2.75) is 6.92 Å². The Bertz CT molecular complexity index is 666. The number of benzene rings is 1. The first kappa shape index (κ1) is 20.0. The molecule has 0 saturated carbocycles. The van der Waals surface area contributed by atoms with E-state index in [1.54, 1.807) is 24.3 Å². The summed E-state index contributed by atoms with van der Waals surface area (Å²) in [6, 6.07) is 8.53. The van der Waals surface area contributed by atoms with Crippen molar-refractivity contribution < 1.29 is 14.3 Å². The topological polar surface area (TPSA) is 86.5 Å². The van der Waals surface area contributed by atoms with E-state index >= 15 is 0 Å². The van der Waals surface area contributed by atoms with Gasteiger partial charge in [-0.1, -0.05) is 11.6 Å². The molecule has 8 heteroatoms. The first-order valence-corrected chi connectivity index (χ1v) is 7.54. The number of anilines is 1. The highest BCUT2D eigenvalue weighted by molar-refractivity contribution is 6.32. The second-order valence-electron chi connectivity index (χ2n) is 4.56. The van der Waals surface area contributed by atoms with Gasteiger partial charge in [0.05, 0.1) is 12.2 Å². The fourth-order valence-electron chi connectivity index (χ4n) is 1.81. The van der Waals surface area contributed by atoms with Gasteiger partial charge in [-0.25, -0.2) is 4.98 Å². The lowest BCUT2D eigenvalue weighted by atomic mass is 10.2. The predicted octanol–water partition coefficient (Wildman–Crippen LogP) is 3.15. The van der Waals surface area contributed by atoms with E-state index in [1.807, 2.05) is 6.92 Å². The average Bonchev–Trinajstić information content (AvgIpc) is 2.56. The summed E-state index contributed by atoms with van der Waals surface area (Å²) in [7, 11) is 0. The van der Waals surface area contributed by atoms with Gasteiger partial charge < -0.3 is 20.5 Å². The minimum atomic E-state index is -0.307. The molecule has 1 aromatic carbocycles. The Labute approximate surface area is 151 Å². The van der Waals surface area contributed by atoms with E-state index in [0.717, 1.165) is 0 Å².